The number of hydrogen-bond acceptors (Lipinski definition) is 6. The summed E-state index contributed by atoms with van der Waals surface area (Å²) in [6.07, 6.45) is 0. The standard InChI is InChI=1S/C11H18N2O2S2/c1-4-15-11(14)9(12)5-16-6-10-13-7(2)8(3)17-10/h9H,4-6,12H2,1-3H3. The van der Waals surface area contributed by atoms with Crippen LogP contribution in [0.1, 0.15) is 22.5 Å². The van der Waals surface area contributed by atoms with Crippen LogP contribution in [0.15, 0.2) is 0 Å². The highest BCUT2D eigenvalue weighted by Crippen LogP contribution is 2.21. The molecule has 1 heterocycles. The molecular formula is C11H18N2O2S2. The maximum atomic E-state index is 11.3. The van der Waals surface area contributed by atoms with Crippen LogP contribution in [0.4, 0.5) is 0 Å². The Kier molecular flexibility index (Phi) is 5.94. The fourth-order valence-electron chi connectivity index (χ4n) is 1.19. The molecule has 96 valence electrons. The van der Waals surface area contributed by atoms with Crippen molar-refractivity contribution in [3.63, 3.8) is 0 Å². The molecule has 1 aromatic rings. The van der Waals surface area contributed by atoms with Crippen LogP contribution in [0.2, 0.25) is 0 Å². The van der Waals surface area contributed by atoms with Crippen molar-refractivity contribution < 1.29 is 9.53 Å². The smallest absolute Gasteiger partial charge is 0.323 e. The van der Waals surface area contributed by atoms with Gasteiger partial charge in [0.15, 0.2) is 0 Å². The minimum absolute atomic E-state index is 0.327. The largest absolute Gasteiger partial charge is 0.465 e. The van der Waals surface area contributed by atoms with Crippen molar-refractivity contribution in [2.75, 3.05) is 12.4 Å². The molecule has 6 heteroatoms. The van der Waals surface area contributed by atoms with Gasteiger partial charge in [-0.15, -0.1) is 11.3 Å². The van der Waals surface area contributed by atoms with E-state index in [0.29, 0.717) is 12.4 Å². The fourth-order valence-corrected chi connectivity index (χ4v) is 3.15. The molecule has 0 spiro atoms. The number of aromatic nitrogens is 1. The van der Waals surface area contributed by atoms with E-state index in [1.807, 2.05) is 6.92 Å². The van der Waals surface area contributed by atoms with Crippen LogP contribution in [-0.4, -0.2) is 29.4 Å². The second-order valence-corrected chi connectivity index (χ2v) is 5.94. The fraction of sp³-hybridized carbons (Fsp3) is 0.636. The predicted octanol–water partition coefficient (Wildman–Crippen LogP) is 1.88. The molecule has 1 aromatic heterocycles. The normalized spacial score (nSPS) is 12.5. The molecule has 0 aliphatic carbocycles. The summed E-state index contributed by atoms with van der Waals surface area (Å²) >= 11 is 3.31. The molecular weight excluding hydrogens is 256 g/mol. The second-order valence-electron chi connectivity index (χ2n) is 3.62. The Bertz CT molecular complexity index is 360. The number of carbonyl (C=O) groups excluding carboxylic acids is 1. The van der Waals surface area contributed by atoms with E-state index < -0.39 is 6.04 Å². The van der Waals surface area contributed by atoms with Crippen LogP contribution in [-0.2, 0) is 15.3 Å². The van der Waals surface area contributed by atoms with Gasteiger partial charge in [-0.3, -0.25) is 4.79 Å². The monoisotopic (exact) mass is 274 g/mol. The van der Waals surface area contributed by atoms with E-state index in [2.05, 4.69) is 11.9 Å². The number of esters is 1. The van der Waals surface area contributed by atoms with E-state index >= 15 is 0 Å². The third-order valence-corrected chi connectivity index (χ3v) is 4.51. The summed E-state index contributed by atoms with van der Waals surface area (Å²) in [6, 6.07) is -0.540. The molecule has 0 aromatic carbocycles. The highest BCUT2D eigenvalue weighted by atomic mass is 32.2. The highest BCUT2D eigenvalue weighted by molar-refractivity contribution is 7.98. The van der Waals surface area contributed by atoms with Crippen LogP contribution < -0.4 is 5.73 Å². The van der Waals surface area contributed by atoms with Crippen molar-refractivity contribution in [1.29, 1.82) is 0 Å². The van der Waals surface area contributed by atoms with Crippen LogP contribution in [0.3, 0.4) is 0 Å². The first-order valence-corrected chi connectivity index (χ1v) is 7.44. The molecule has 0 bridgehead atoms. The lowest BCUT2D eigenvalue weighted by molar-refractivity contribution is -0.144. The molecule has 4 nitrogen and oxygen atoms in total. The quantitative estimate of drug-likeness (QED) is 0.802. The lowest BCUT2D eigenvalue weighted by Crippen LogP contribution is -2.34. The van der Waals surface area contributed by atoms with Gasteiger partial charge in [0.1, 0.15) is 11.0 Å². The molecule has 2 N–H and O–H groups in total. The maximum absolute atomic E-state index is 11.3. The number of rotatable bonds is 6. The van der Waals surface area contributed by atoms with Gasteiger partial charge in [-0.2, -0.15) is 11.8 Å². The van der Waals surface area contributed by atoms with Gasteiger partial charge in [0.05, 0.1) is 12.3 Å². The van der Waals surface area contributed by atoms with Gasteiger partial charge in [-0.1, -0.05) is 0 Å². The van der Waals surface area contributed by atoms with E-state index in [0.717, 1.165) is 16.5 Å². The number of thioether (sulfide) groups is 1. The van der Waals surface area contributed by atoms with E-state index in [-0.39, 0.29) is 5.97 Å². The Labute approximate surface area is 110 Å². The van der Waals surface area contributed by atoms with E-state index in [1.54, 1.807) is 30.0 Å². The molecule has 0 saturated heterocycles. The van der Waals surface area contributed by atoms with Crippen molar-refractivity contribution in [3.05, 3.63) is 15.6 Å². The zero-order chi connectivity index (χ0) is 12.8. The molecule has 0 radical (unpaired) electrons. The molecule has 1 rings (SSSR count). The average molecular weight is 274 g/mol. The molecule has 0 fully saturated rings. The number of nitrogens with two attached hydrogens (primary N) is 1. The molecule has 0 saturated carbocycles. The van der Waals surface area contributed by atoms with Crippen LogP contribution in [0.25, 0.3) is 0 Å². The first kappa shape index (κ1) is 14.5. The van der Waals surface area contributed by atoms with Crippen molar-refractivity contribution >= 4 is 29.1 Å². The van der Waals surface area contributed by atoms with Gasteiger partial charge in [0.25, 0.3) is 0 Å². The third-order valence-electron chi connectivity index (χ3n) is 2.19. The highest BCUT2D eigenvalue weighted by Gasteiger charge is 2.14. The molecule has 0 amide bonds. The molecule has 1 unspecified atom stereocenters. The van der Waals surface area contributed by atoms with Gasteiger partial charge >= 0.3 is 5.97 Å². The first-order valence-electron chi connectivity index (χ1n) is 5.47. The number of hydrogen-bond donors (Lipinski definition) is 1. The molecule has 1 atom stereocenters. The lowest BCUT2D eigenvalue weighted by Gasteiger charge is -2.09. The summed E-state index contributed by atoms with van der Waals surface area (Å²) in [5.41, 5.74) is 6.77. The maximum Gasteiger partial charge on any atom is 0.323 e. The first-order chi connectivity index (χ1) is 8.04. The topological polar surface area (TPSA) is 65.2 Å². The number of ether oxygens (including phenoxy) is 1. The van der Waals surface area contributed by atoms with Crippen molar-refractivity contribution in [2.45, 2.75) is 32.6 Å². The molecule has 0 aliphatic heterocycles. The summed E-state index contributed by atoms with van der Waals surface area (Å²) in [4.78, 5) is 16.9. The Balaban J connectivity index is 2.30. The van der Waals surface area contributed by atoms with E-state index in [1.165, 1.54) is 4.88 Å². The van der Waals surface area contributed by atoms with Crippen molar-refractivity contribution in [3.8, 4) is 0 Å². The van der Waals surface area contributed by atoms with Crippen LogP contribution in [0.5, 0.6) is 0 Å². The zero-order valence-electron chi connectivity index (χ0n) is 10.4. The molecule has 17 heavy (non-hydrogen) atoms. The summed E-state index contributed by atoms with van der Waals surface area (Å²) in [7, 11) is 0. The predicted molar refractivity (Wildman–Crippen MR) is 72.4 cm³/mol. The van der Waals surface area contributed by atoms with E-state index in [4.69, 9.17) is 10.5 Å². The SMILES string of the molecule is CCOC(=O)C(N)CSCc1nc(C)c(C)s1. The Morgan fingerprint density at radius 3 is 2.82 bits per heavy atom. The van der Waals surface area contributed by atoms with Gasteiger partial charge in [-0.05, 0) is 20.8 Å². The van der Waals surface area contributed by atoms with Gasteiger partial charge in [0.2, 0.25) is 0 Å². The summed E-state index contributed by atoms with van der Waals surface area (Å²) in [5, 5.41) is 1.08. The Morgan fingerprint density at radius 1 is 1.59 bits per heavy atom. The minimum Gasteiger partial charge on any atom is -0.465 e. The summed E-state index contributed by atoms with van der Waals surface area (Å²) in [5.74, 6) is 1.04. The van der Waals surface area contributed by atoms with Gasteiger partial charge in [0, 0.05) is 16.4 Å². The van der Waals surface area contributed by atoms with Crippen LogP contribution in [0, 0.1) is 13.8 Å². The van der Waals surface area contributed by atoms with Crippen molar-refractivity contribution in [1.82, 2.24) is 4.98 Å². The van der Waals surface area contributed by atoms with Gasteiger partial charge < -0.3 is 10.5 Å². The van der Waals surface area contributed by atoms with Crippen LogP contribution >= 0.6 is 23.1 Å². The number of nitrogens with zero attached hydrogens (tertiary/aromatic N) is 1. The third kappa shape index (κ3) is 4.65. The zero-order valence-corrected chi connectivity index (χ0v) is 12.0. The summed E-state index contributed by atoms with van der Waals surface area (Å²) < 4.78 is 4.84. The Hall–Kier alpha value is -0.590. The summed E-state index contributed by atoms with van der Waals surface area (Å²) in [6.45, 7) is 6.22. The van der Waals surface area contributed by atoms with E-state index in [9.17, 15) is 4.79 Å². The van der Waals surface area contributed by atoms with Gasteiger partial charge in [-0.25, -0.2) is 4.98 Å². The number of thiazole rings is 1. The average Bonchev–Trinajstić information content (AvgIpc) is 2.58. The Morgan fingerprint density at radius 2 is 2.29 bits per heavy atom. The van der Waals surface area contributed by atoms with Crippen molar-refractivity contribution in [2.24, 2.45) is 5.73 Å². The second kappa shape index (κ2) is 6.98. The minimum atomic E-state index is -0.540. The lowest BCUT2D eigenvalue weighted by atomic mass is 10.4. The number of aryl methyl sites for hydroxylation is 2. The number of carbonyl (C=O) groups is 1. The molecule has 0 aliphatic rings.